The molecule has 0 unspecified atom stereocenters. The van der Waals surface area contributed by atoms with Gasteiger partial charge in [0.05, 0.1) is 18.8 Å². The number of hydrogen-bond acceptors (Lipinski definition) is 3. The van der Waals surface area contributed by atoms with Crippen molar-refractivity contribution in [1.29, 1.82) is 0 Å². The summed E-state index contributed by atoms with van der Waals surface area (Å²) in [4.78, 5) is 12.3. The second-order valence-electron chi connectivity index (χ2n) is 12.6. The predicted octanol–water partition coefficient (Wildman–Crippen LogP) is 11.4. The van der Waals surface area contributed by atoms with E-state index in [4.69, 9.17) is 0 Å². The van der Waals surface area contributed by atoms with Crippen LogP contribution in [0.15, 0.2) is 60.8 Å². The summed E-state index contributed by atoms with van der Waals surface area (Å²) < 4.78 is 0. The van der Waals surface area contributed by atoms with Gasteiger partial charge in [0.2, 0.25) is 5.91 Å². The summed E-state index contributed by atoms with van der Waals surface area (Å²) in [5.41, 5.74) is 0. The number of aliphatic hydroxyl groups is 2. The van der Waals surface area contributed by atoms with Gasteiger partial charge in [0.25, 0.3) is 0 Å². The van der Waals surface area contributed by atoms with Gasteiger partial charge >= 0.3 is 0 Å². The van der Waals surface area contributed by atoms with E-state index >= 15 is 0 Å². The van der Waals surface area contributed by atoms with Gasteiger partial charge < -0.3 is 15.5 Å². The minimum Gasteiger partial charge on any atom is -0.394 e. The number of amides is 1. The summed E-state index contributed by atoms with van der Waals surface area (Å²) >= 11 is 0. The third-order valence-corrected chi connectivity index (χ3v) is 8.25. The highest BCUT2D eigenvalue weighted by Gasteiger charge is 2.19. The first-order chi connectivity index (χ1) is 22.2. The smallest absolute Gasteiger partial charge is 0.220 e. The number of rotatable bonds is 33. The van der Waals surface area contributed by atoms with Crippen molar-refractivity contribution < 1.29 is 15.0 Å². The lowest BCUT2D eigenvalue weighted by Crippen LogP contribution is -2.45. The van der Waals surface area contributed by atoms with Gasteiger partial charge in [-0.25, -0.2) is 0 Å². The monoisotopic (exact) mass is 628 g/mol. The first kappa shape index (κ1) is 43.1. The molecular formula is C41H73NO3. The van der Waals surface area contributed by atoms with E-state index in [0.29, 0.717) is 12.8 Å². The van der Waals surface area contributed by atoms with E-state index in [1.807, 2.05) is 0 Å². The maximum Gasteiger partial charge on any atom is 0.220 e. The molecular weight excluding hydrogens is 554 g/mol. The van der Waals surface area contributed by atoms with Gasteiger partial charge in [-0.15, -0.1) is 0 Å². The van der Waals surface area contributed by atoms with Crippen LogP contribution in [0.1, 0.15) is 174 Å². The summed E-state index contributed by atoms with van der Waals surface area (Å²) in [6.07, 6.45) is 50.0. The maximum atomic E-state index is 12.3. The lowest BCUT2D eigenvalue weighted by atomic mass is 10.0. The Bertz CT molecular complexity index is 767. The van der Waals surface area contributed by atoms with E-state index in [-0.39, 0.29) is 12.5 Å². The molecule has 2 atom stereocenters. The fourth-order valence-electron chi connectivity index (χ4n) is 5.29. The van der Waals surface area contributed by atoms with E-state index in [9.17, 15) is 15.0 Å². The number of unbranched alkanes of at least 4 members (excludes halogenated alkanes) is 16. The molecule has 0 aromatic carbocycles. The molecule has 260 valence electrons. The van der Waals surface area contributed by atoms with Crippen molar-refractivity contribution in [3.63, 3.8) is 0 Å². The molecule has 0 saturated heterocycles. The van der Waals surface area contributed by atoms with E-state index < -0.39 is 12.1 Å². The molecule has 0 fully saturated rings. The normalized spacial score (nSPS) is 13.8. The van der Waals surface area contributed by atoms with E-state index in [1.54, 1.807) is 0 Å². The minimum absolute atomic E-state index is 0.0986. The first-order valence-corrected chi connectivity index (χ1v) is 19.0. The lowest BCUT2D eigenvalue weighted by Gasteiger charge is -2.22. The third-order valence-electron chi connectivity index (χ3n) is 8.25. The number of carbonyl (C=O) groups excluding carboxylic acids is 1. The molecule has 0 bridgehead atoms. The predicted molar refractivity (Wildman–Crippen MR) is 197 cm³/mol. The number of aliphatic hydroxyl groups excluding tert-OH is 2. The zero-order chi connectivity index (χ0) is 32.9. The Morgan fingerprint density at radius 1 is 0.533 bits per heavy atom. The number of carbonyl (C=O) groups is 1. The fraction of sp³-hybridized carbons (Fsp3) is 0.732. The Kier molecular flexibility index (Phi) is 35.0. The fourth-order valence-corrected chi connectivity index (χ4v) is 5.29. The molecule has 0 radical (unpaired) electrons. The second-order valence-corrected chi connectivity index (χ2v) is 12.6. The summed E-state index contributed by atoms with van der Waals surface area (Å²) in [6.45, 7) is 4.29. The standard InChI is InChI=1S/C41H73NO3/c1-3-5-7-9-11-13-15-17-18-19-20-21-22-23-24-25-27-29-31-33-35-37-41(45)42-39(38-43)40(44)36-34-32-30-28-26-16-14-12-10-8-6-4-2/h18-19,21-22,24-26,28-29,31,39-40,43-44H,3-17,20,23,27,30,32-38H2,1-2H3,(H,42,45)/b19-18+,22-21+,25-24+,28-26+,31-29+/t39-,40+/m0/s1. The maximum absolute atomic E-state index is 12.3. The minimum atomic E-state index is -0.705. The van der Waals surface area contributed by atoms with Crippen LogP contribution in [-0.4, -0.2) is 34.9 Å². The topological polar surface area (TPSA) is 69.6 Å². The summed E-state index contributed by atoms with van der Waals surface area (Å²) in [6, 6.07) is -0.582. The molecule has 3 N–H and O–H groups in total. The van der Waals surface area contributed by atoms with Gasteiger partial charge in [-0.2, -0.15) is 0 Å². The molecule has 4 heteroatoms. The molecule has 45 heavy (non-hydrogen) atoms. The highest BCUT2D eigenvalue weighted by molar-refractivity contribution is 5.76. The molecule has 0 aromatic heterocycles. The molecule has 4 nitrogen and oxygen atoms in total. The SMILES string of the molecule is CCCCCCCC/C=C/CCCC[C@@H](O)[C@H](CO)NC(=O)CCC/C=C/C/C=C/C/C=C/C/C=C/CCCCCCCCC. The van der Waals surface area contributed by atoms with Crippen molar-refractivity contribution in [1.82, 2.24) is 5.32 Å². The summed E-state index contributed by atoms with van der Waals surface area (Å²) in [5, 5.41) is 22.9. The zero-order valence-corrected chi connectivity index (χ0v) is 29.6. The first-order valence-electron chi connectivity index (χ1n) is 19.0. The third kappa shape index (κ3) is 33.3. The van der Waals surface area contributed by atoms with Crippen molar-refractivity contribution in [2.45, 2.75) is 187 Å². The van der Waals surface area contributed by atoms with Gasteiger partial charge in [0.1, 0.15) is 0 Å². The second kappa shape index (κ2) is 36.6. The van der Waals surface area contributed by atoms with Crippen LogP contribution in [0.25, 0.3) is 0 Å². The molecule has 0 spiro atoms. The molecule has 0 saturated carbocycles. The van der Waals surface area contributed by atoms with Crippen molar-refractivity contribution in [3.05, 3.63) is 60.8 Å². The summed E-state index contributed by atoms with van der Waals surface area (Å²) in [5.74, 6) is -0.0986. The van der Waals surface area contributed by atoms with Crippen LogP contribution >= 0.6 is 0 Å². The van der Waals surface area contributed by atoms with Gasteiger partial charge in [-0.1, -0.05) is 152 Å². The summed E-state index contributed by atoms with van der Waals surface area (Å²) in [7, 11) is 0. The van der Waals surface area contributed by atoms with E-state index in [0.717, 1.165) is 57.8 Å². The van der Waals surface area contributed by atoms with Crippen LogP contribution in [0.2, 0.25) is 0 Å². The van der Waals surface area contributed by atoms with Crippen molar-refractivity contribution in [3.8, 4) is 0 Å². The van der Waals surface area contributed by atoms with Crippen molar-refractivity contribution in [2.24, 2.45) is 0 Å². The largest absolute Gasteiger partial charge is 0.394 e. The number of hydrogen-bond donors (Lipinski definition) is 3. The van der Waals surface area contributed by atoms with Gasteiger partial charge in [-0.05, 0) is 77.0 Å². The van der Waals surface area contributed by atoms with Crippen LogP contribution in [0, 0.1) is 0 Å². The van der Waals surface area contributed by atoms with Crippen molar-refractivity contribution in [2.75, 3.05) is 6.61 Å². The molecule has 0 aliphatic heterocycles. The molecule has 0 aliphatic carbocycles. The van der Waals surface area contributed by atoms with E-state index in [1.165, 1.54) is 89.9 Å². The van der Waals surface area contributed by atoms with Crippen LogP contribution in [-0.2, 0) is 4.79 Å². The Hall–Kier alpha value is -1.91. The van der Waals surface area contributed by atoms with Crippen LogP contribution < -0.4 is 5.32 Å². The van der Waals surface area contributed by atoms with Crippen molar-refractivity contribution >= 4 is 5.91 Å². The van der Waals surface area contributed by atoms with Gasteiger partial charge in [-0.3, -0.25) is 4.79 Å². The number of allylic oxidation sites excluding steroid dienone is 10. The Labute approximate surface area is 279 Å². The van der Waals surface area contributed by atoms with E-state index in [2.05, 4.69) is 79.9 Å². The molecule has 0 rings (SSSR count). The highest BCUT2D eigenvalue weighted by Crippen LogP contribution is 2.11. The Morgan fingerprint density at radius 2 is 0.911 bits per heavy atom. The lowest BCUT2D eigenvalue weighted by molar-refractivity contribution is -0.123. The average Bonchev–Trinajstić information content (AvgIpc) is 3.04. The average molecular weight is 628 g/mol. The highest BCUT2D eigenvalue weighted by atomic mass is 16.3. The molecule has 0 aromatic rings. The molecule has 0 aliphatic rings. The zero-order valence-electron chi connectivity index (χ0n) is 29.6. The van der Waals surface area contributed by atoms with Crippen LogP contribution in [0.4, 0.5) is 0 Å². The van der Waals surface area contributed by atoms with Crippen LogP contribution in [0.3, 0.4) is 0 Å². The Morgan fingerprint density at radius 3 is 1.38 bits per heavy atom. The molecule has 1 amide bonds. The quantitative estimate of drug-likeness (QED) is 0.0501. The Balaban J connectivity index is 3.74. The number of nitrogens with one attached hydrogen (secondary N) is 1. The van der Waals surface area contributed by atoms with Gasteiger partial charge in [0.15, 0.2) is 0 Å². The van der Waals surface area contributed by atoms with Crippen LogP contribution in [0.5, 0.6) is 0 Å². The van der Waals surface area contributed by atoms with Gasteiger partial charge in [0, 0.05) is 6.42 Å². The molecule has 0 heterocycles.